The fourth-order valence-electron chi connectivity index (χ4n) is 4.72. The molecular formula is C25H28N8O6. The first-order valence-corrected chi connectivity index (χ1v) is 12.4. The van der Waals surface area contributed by atoms with Crippen molar-refractivity contribution in [2.45, 2.75) is 24.9 Å². The highest BCUT2D eigenvalue weighted by molar-refractivity contribution is 5.82. The first kappa shape index (κ1) is 25.0. The van der Waals surface area contributed by atoms with Crippen LogP contribution in [0.4, 0.5) is 17.3 Å². The molecule has 2 aliphatic rings. The Labute approximate surface area is 222 Å². The molecule has 0 radical (unpaired) electrons. The lowest BCUT2D eigenvalue weighted by molar-refractivity contribution is -0.0597. The third kappa shape index (κ3) is 4.73. The number of aromatic nitrogens is 6. The molecule has 1 fully saturated rings. The first-order chi connectivity index (χ1) is 19.1. The monoisotopic (exact) mass is 536 g/mol. The van der Waals surface area contributed by atoms with Crippen molar-refractivity contribution in [2.75, 3.05) is 44.6 Å². The number of hydrogen-bond acceptors (Lipinski definition) is 12. The van der Waals surface area contributed by atoms with E-state index in [9.17, 15) is 4.79 Å². The summed E-state index contributed by atoms with van der Waals surface area (Å²) in [6, 6.07) is 5.47. The average Bonchev–Trinajstić information content (AvgIpc) is 3.55. The maximum Gasteiger partial charge on any atom is 0.349 e. The number of benzene rings is 1. The molecule has 204 valence electrons. The van der Waals surface area contributed by atoms with E-state index in [0.29, 0.717) is 71.9 Å². The number of nitrogens with one attached hydrogen (secondary N) is 2. The molecule has 0 saturated carbocycles. The van der Waals surface area contributed by atoms with Crippen molar-refractivity contribution in [2.24, 2.45) is 7.05 Å². The number of fused-ring (bicyclic) bond motifs is 3. The summed E-state index contributed by atoms with van der Waals surface area (Å²) in [7, 11) is 4.93. The van der Waals surface area contributed by atoms with Gasteiger partial charge in [-0.3, -0.25) is 9.13 Å². The van der Waals surface area contributed by atoms with E-state index in [2.05, 4.69) is 30.6 Å². The molecule has 4 aromatic rings. The van der Waals surface area contributed by atoms with Crippen LogP contribution in [0.2, 0.25) is 0 Å². The smallest absolute Gasteiger partial charge is 0.349 e. The number of para-hydroxylation sites is 1. The summed E-state index contributed by atoms with van der Waals surface area (Å²) in [6.07, 6.45) is 4.92. The summed E-state index contributed by atoms with van der Waals surface area (Å²) in [6.45, 7) is 1.21. The number of ether oxygens (including phenoxy) is 5. The van der Waals surface area contributed by atoms with Crippen LogP contribution in [0.5, 0.6) is 17.2 Å². The maximum atomic E-state index is 12.0. The first-order valence-electron chi connectivity index (χ1n) is 12.4. The van der Waals surface area contributed by atoms with Gasteiger partial charge < -0.3 is 34.3 Å². The summed E-state index contributed by atoms with van der Waals surface area (Å²) < 4.78 is 32.2. The molecule has 0 unspecified atom stereocenters. The fourth-order valence-corrected chi connectivity index (χ4v) is 4.72. The molecule has 0 spiro atoms. The van der Waals surface area contributed by atoms with Crippen LogP contribution in [0.15, 0.2) is 41.8 Å². The minimum atomic E-state index is -0.387. The molecular weight excluding hydrogens is 508 g/mol. The molecule has 14 nitrogen and oxygen atoms in total. The third-order valence-corrected chi connectivity index (χ3v) is 6.64. The molecule has 5 heterocycles. The Morgan fingerprint density at radius 3 is 2.95 bits per heavy atom. The van der Waals surface area contributed by atoms with Gasteiger partial charge >= 0.3 is 5.69 Å². The third-order valence-electron chi connectivity index (χ3n) is 6.64. The van der Waals surface area contributed by atoms with Crippen LogP contribution in [0.3, 0.4) is 0 Å². The van der Waals surface area contributed by atoms with E-state index in [0.717, 1.165) is 0 Å². The van der Waals surface area contributed by atoms with E-state index >= 15 is 0 Å². The van der Waals surface area contributed by atoms with Crippen molar-refractivity contribution in [1.29, 1.82) is 0 Å². The molecule has 0 amide bonds. The van der Waals surface area contributed by atoms with Crippen molar-refractivity contribution >= 4 is 28.5 Å². The number of anilines is 3. The fraction of sp³-hybridized carbons (Fsp3) is 0.400. The van der Waals surface area contributed by atoms with Gasteiger partial charge in [0.05, 0.1) is 31.8 Å². The van der Waals surface area contributed by atoms with E-state index < -0.39 is 0 Å². The molecule has 14 heteroatoms. The quantitative estimate of drug-likeness (QED) is 0.266. The lowest BCUT2D eigenvalue weighted by Crippen LogP contribution is -2.27. The highest BCUT2D eigenvalue weighted by atomic mass is 16.6. The number of rotatable bonds is 9. The van der Waals surface area contributed by atoms with E-state index in [1.54, 1.807) is 33.8 Å². The van der Waals surface area contributed by atoms with Gasteiger partial charge in [-0.05, 0) is 12.1 Å². The van der Waals surface area contributed by atoms with E-state index in [4.69, 9.17) is 23.7 Å². The zero-order valence-corrected chi connectivity index (χ0v) is 21.7. The van der Waals surface area contributed by atoms with Crippen molar-refractivity contribution in [3.8, 4) is 17.2 Å². The Hall–Kier alpha value is -4.27. The summed E-state index contributed by atoms with van der Waals surface area (Å²) in [4.78, 5) is 29.3. The SMILES string of the molecule is COC[C@H]1O[C@@H](n2cnc3c(NCCOc4cccc5c4Nc4nc(=O)n(C)cc4O5)ncnc32)C[C@@H]1OC. The van der Waals surface area contributed by atoms with E-state index in [-0.39, 0.29) is 24.1 Å². The second kappa shape index (κ2) is 10.5. The van der Waals surface area contributed by atoms with Gasteiger partial charge in [-0.2, -0.15) is 4.98 Å². The van der Waals surface area contributed by atoms with Crippen molar-refractivity contribution < 1.29 is 23.7 Å². The highest BCUT2D eigenvalue weighted by Crippen LogP contribution is 2.45. The van der Waals surface area contributed by atoms with Gasteiger partial charge in [-0.25, -0.2) is 19.7 Å². The maximum absolute atomic E-state index is 12.0. The van der Waals surface area contributed by atoms with Gasteiger partial charge in [0.15, 0.2) is 34.3 Å². The molecule has 2 aliphatic heterocycles. The molecule has 39 heavy (non-hydrogen) atoms. The Morgan fingerprint density at radius 1 is 1.21 bits per heavy atom. The van der Waals surface area contributed by atoms with Crippen molar-refractivity contribution in [1.82, 2.24) is 29.1 Å². The molecule has 3 atom stereocenters. The Kier molecular flexibility index (Phi) is 6.72. The minimum Gasteiger partial charge on any atom is -0.489 e. The number of aryl methyl sites for hydroxylation is 1. The van der Waals surface area contributed by atoms with Gasteiger partial charge in [0, 0.05) is 27.7 Å². The molecule has 6 rings (SSSR count). The normalized spacial score (nSPS) is 19.7. The predicted molar refractivity (Wildman–Crippen MR) is 140 cm³/mol. The highest BCUT2D eigenvalue weighted by Gasteiger charge is 2.37. The summed E-state index contributed by atoms with van der Waals surface area (Å²) in [5, 5.41) is 6.43. The number of hydrogen-bond donors (Lipinski definition) is 2. The lowest BCUT2D eigenvalue weighted by atomic mass is 10.2. The van der Waals surface area contributed by atoms with Gasteiger partial charge in [0.25, 0.3) is 0 Å². The number of methoxy groups -OCH3 is 2. The lowest BCUT2D eigenvalue weighted by Gasteiger charge is -2.23. The van der Waals surface area contributed by atoms with Crippen LogP contribution in [0.25, 0.3) is 11.2 Å². The number of imidazole rings is 1. The molecule has 1 saturated heterocycles. The van der Waals surface area contributed by atoms with Crippen molar-refractivity contribution in [3.63, 3.8) is 0 Å². The van der Waals surface area contributed by atoms with Gasteiger partial charge in [0.2, 0.25) is 0 Å². The standard InChI is InChI=1S/C25H28N8O6/c1-32-10-17-22(31-25(32)34)30-20-14(5-4-6-15(20)38-17)37-8-7-26-23-21-24(28-12-27-23)33(13-29-21)19-9-16(36-3)18(39-19)11-35-2/h4-6,10,12-13,16,18-19H,7-9,11H2,1-3H3,(H,26,27,28)(H,30,31,34)/t16-,18+,19+/m0/s1. The van der Waals surface area contributed by atoms with Crippen molar-refractivity contribution in [3.05, 3.63) is 47.5 Å². The van der Waals surface area contributed by atoms with Gasteiger partial charge in [-0.1, -0.05) is 6.07 Å². The molecule has 0 bridgehead atoms. The topological polar surface area (TPSA) is 149 Å². The zero-order chi connectivity index (χ0) is 26.9. The average molecular weight is 537 g/mol. The Balaban J connectivity index is 1.12. The summed E-state index contributed by atoms with van der Waals surface area (Å²) in [5.74, 6) is 2.54. The second-order valence-electron chi connectivity index (χ2n) is 9.12. The molecule has 2 N–H and O–H groups in total. The van der Waals surface area contributed by atoms with E-state index in [1.165, 1.54) is 10.9 Å². The molecule has 3 aromatic heterocycles. The Bertz CT molecular complexity index is 1560. The summed E-state index contributed by atoms with van der Waals surface area (Å²) in [5.41, 5.74) is 1.50. The van der Waals surface area contributed by atoms with Crippen LogP contribution in [-0.2, 0) is 21.3 Å². The predicted octanol–water partition coefficient (Wildman–Crippen LogP) is 2.21. The van der Waals surface area contributed by atoms with Gasteiger partial charge in [-0.15, -0.1) is 0 Å². The largest absolute Gasteiger partial charge is 0.489 e. The van der Waals surface area contributed by atoms with Crippen LogP contribution >= 0.6 is 0 Å². The van der Waals surface area contributed by atoms with Crippen LogP contribution in [-0.4, -0.2) is 75.3 Å². The molecule has 0 aliphatic carbocycles. The van der Waals surface area contributed by atoms with Gasteiger partial charge in [0.1, 0.15) is 36.7 Å². The van der Waals surface area contributed by atoms with E-state index in [1.807, 2.05) is 22.8 Å². The number of nitrogens with zero attached hydrogens (tertiary/aromatic N) is 6. The summed E-state index contributed by atoms with van der Waals surface area (Å²) >= 11 is 0. The minimum absolute atomic E-state index is 0.0813. The second-order valence-corrected chi connectivity index (χ2v) is 9.12. The van der Waals surface area contributed by atoms with Crippen LogP contribution < -0.4 is 25.8 Å². The Morgan fingerprint density at radius 2 is 2.10 bits per heavy atom. The van der Waals surface area contributed by atoms with Crippen LogP contribution in [0, 0.1) is 0 Å². The van der Waals surface area contributed by atoms with Crippen LogP contribution in [0.1, 0.15) is 12.6 Å². The zero-order valence-electron chi connectivity index (χ0n) is 21.7. The molecule has 1 aromatic carbocycles.